The molecule has 0 aliphatic heterocycles. The number of aromatic nitrogens is 1. The van der Waals surface area contributed by atoms with Gasteiger partial charge in [-0.2, -0.15) is 0 Å². The molecule has 0 amide bonds. The second kappa shape index (κ2) is 9.60. The molecule has 0 N–H and O–H groups in total. The highest BCUT2D eigenvalue weighted by molar-refractivity contribution is 5.98. The van der Waals surface area contributed by atoms with Crippen molar-refractivity contribution < 1.29 is 23.5 Å². The van der Waals surface area contributed by atoms with Crippen molar-refractivity contribution in [3.63, 3.8) is 0 Å². The van der Waals surface area contributed by atoms with Gasteiger partial charge in [0.1, 0.15) is 17.3 Å². The van der Waals surface area contributed by atoms with Crippen molar-refractivity contribution in [3.05, 3.63) is 82.4 Å². The summed E-state index contributed by atoms with van der Waals surface area (Å²) in [4.78, 5) is 24.0. The maximum Gasteiger partial charge on any atom is 0.202 e. The Morgan fingerprint density at radius 3 is 2.26 bits per heavy atom. The van der Waals surface area contributed by atoms with Gasteiger partial charge in [-0.25, -0.2) is 4.39 Å². The van der Waals surface area contributed by atoms with Crippen LogP contribution in [0.5, 0.6) is 11.5 Å². The van der Waals surface area contributed by atoms with Crippen LogP contribution >= 0.6 is 0 Å². The summed E-state index contributed by atoms with van der Waals surface area (Å²) in [5, 5.41) is 0. The Balaban J connectivity index is 1.65. The highest BCUT2D eigenvalue weighted by Gasteiger charge is 2.17. The van der Waals surface area contributed by atoms with Crippen molar-refractivity contribution in [3.8, 4) is 11.5 Å². The summed E-state index contributed by atoms with van der Waals surface area (Å²) in [7, 11) is 1.64. The van der Waals surface area contributed by atoms with Gasteiger partial charge < -0.3 is 14.0 Å². The van der Waals surface area contributed by atoms with E-state index in [9.17, 15) is 14.0 Å². The summed E-state index contributed by atoms with van der Waals surface area (Å²) in [5.41, 5.74) is 3.64. The highest BCUT2D eigenvalue weighted by Crippen LogP contribution is 2.20. The van der Waals surface area contributed by atoms with Gasteiger partial charge in [0.15, 0.2) is 12.4 Å². The average Bonchev–Trinajstić information content (AvgIpc) is 3.04. The normalized spacial score (nSPS) is 10.7. The lowest BCUT2D eigenvalue weighted by atomic mass is 10.1. The van der Waals surface area contributed by atoms with E-state index < -0.39 is 5.82 Å². The van der Waals surface area contributed by atoms with Crippen LogP contribution in [0.3, 0.4) is 0 Å². The number of methoxy groups -OCH3 is 1. The summed E-state index contributed by atoms with van der Waals surface area (Å²) in [5.74, 6) is -0.166. The lowest BCUT2D eigenvalue weighted by Gasteiger charge is -2.11. The zero-order valence-corrected chi connectivity index (χ0v) is 18.2. The molecule has 0 saturated carbocycles. The topological polar surface area (TPSA) is 57.5 Å². The number of ketones is 2. The lowest BCUT2D eigenvalue weighted by Crippen LogP contribution is -2.13. The van der Waals surface area contributed by atoms with Gasteiger partial charge in [0, 0.05) is 29.6 Å². The maximum absolute atomic E-state index is 13.9. The Hall–Kier alpha value is -3.41. The first-order valence-electron chi connectivity index (χ1n) is 10.1. The fourth-order valence-corrected chi connectivity index (χ4v) is 3.56. The van der Waals surface area contributed by atoms with Crippen LogP contribution in [-0.2, 0) is 13.0 Å². The first-order chi connectivity index (χ1) is 14.8. The molecular weight excluding hydrogens is 397 g/mol. The van der Waals surface area contributed by atoms with Crippen LogP contribution in [0.15, 0.2) is 48.5 Å². The van der Waals surface area contributed by atoms with E-state index in [1.165, 1.54) is 24.6 Å². The summed E-state index contributed by atoms with van der Waals surface area (Å²) >= 11 is 0. The van der Waals surface area contributed by atoms with Gasteiger partial charge in [0.2, 0.25) is 5.78 Å². The quantitative estimate of drug-likeness (QED) is 0.457. The van der Waals surface area contributed by atoms with E-state index in [-0.39, 0.29) is 29.5 Å². The van der Waals surface area contributed by atoms with Crippen LogP contribution in [0.2, 0.25) is 0 Å². The first kappa shape index (κ1) is 22.3. The minimum Gasteiger partial charge on any atom is -0.497 e. The molecule has 31 heavy (non-hydrogen) atoms. The van der Waals surface area contributed by atoms with Gasteiger partial charge in [0.05, 0.1) is 12.7 Å². The Morgan fingerprint density at radius 1 is 0.968 bits per heavy atom. The Bertz CT molecular complexity index is 1100. The van der Waals surface area contributed by atoms with E-state index in [0.29, 0.717) is 5.56 Å². The number of Topliss-reactive ketones (excluding diaryl/α,β-unsaturated/α-hetero) is 2. The Kier molecular flexibility index (Phi) is 6.90. The van der Waals surface area contributed by atoms with E-state index in [4.69, 9.17) is 9.47 Å². The number of rotatable bonds is 9. The predicted octanol–water partition coefficient (Wildman–Crippen LogP) is 4.96. The fourth-order valence-electron chi connectivity index (χ4n) is 3.56. The largest absolute Gasteiger partial charge is 0.497 e. The summed E-state index contributed by atoms with van der Waals surface area (Å²) in [6, 6.07) is 13.8. The molecular formula is C25H26FNO4. The molecule has 6 heteroatoms. The highest BCUT2D eigenvalue weighted by atomic mass is 19.1. The molecule has 1 aromatic heterocycles. The second-order valence-corrected chi connectivity index (χ2v) is 7.44. The van der Waals surface area contributed by atoms with Gasteiger partial charge in [0.25, 0.3) is 0 Å². The van der Waals surface area contributed by atoms with Crippen molar-refractivity contribution in [1.29, 1.82) is 0 Å². The molecule has 0 atom stereocenters. The molecule has 2 aromatic carbocycles. The van der Waals surface area contributed by atoms with Gasteiger partial charge in [-0.3, -0.25) is 9.59 Å². The van der Waals surface area contributed by atoms with Crippen molar-refractivity contribution >= 4 is 11.6 Å². The maximum atomic E-state index is 13.9. The minimum atomic E-state index is -0.658. The van der Waals surface area contributed by atoms with Gasteiger partial charge >= 0.3 is 0 Å². The summed E-state index contributed by atoms with van der Waals surface area (Å²) in [6.07, 6.45) is 0.826. The number of aryl methyl sites for hydroxylation is 2. The van der Waals surface area contributed by atoms with Crippen molar-refractivity contribution in [1.82, 2.24) is 4.57 Å². The van der Waals surface area contributed by atoms with E-state index >= 15 is 0 Å². The molecule has 3 aromatic rings. The molecule has 0 spiro atoms. The standard InChI is InChI=1S/C25H26FNO4/c1-16-13-23(17(2)27(16)12-11-19-5-7-20(30-4)8-6-19)25(29)15-31-21-9-10-22(18(3)28)24(26)14-21/h5-10,13-14H,11-12,15H2,1-4H3. The van der Waals surface area contributed by atoms with Crippen LogP contribution in [0, 0.1) is 19.7 Å². The summed E-state index contributed by atoms with van der Waals surface area (Å²) in [6.45, 7) is 5.72. The number of hydrogen-bond donors (Lipinski definition) is 0. The molecule has 0 unspecified atom stereocenters. The molecule has 0 aliphatic rings. The molecule has 0 aliphatic carbocycles. The minimum absolute atomic E-state index is 0.000850. The third-order valence-electron chi connectivity index (χ3n) is 5.35. The number of carbonyl (C=O) groups is 2. The second-order valence-electron chi connectivity index (χ2n) is 7.44. The third-order valence-corrected chi connectivity index (χ3v) is 5.35. The van der Waals surface area contributed by atoms with Gasteiger partial charge in [-0.1, -0.05) is 12.1 Å². The fraction of sp³-hybridized carbons (Fsp3) is 0.280. The Morgan fingerprint density at radius 2 is 1.65 bits per heavy atom. The SMILES string of the molecule is COc1ccc(CCn2c(C)cc(C(=O)COc3ccc(C(C)=O)c(F)c3)c2C)cc1. The molecule has 5 nitrogen and oxygen atoms in total. The molecule has 0 radical (unpaired) electrons. The van der Waals surface area contributed by atoms with Gasteiger partial charge in [-0.05, 0) is 63.1 Å². The average molecular weight is 423 g/mol. The first-order valence-corrected chi connectivity index (χ1v) is 10.1. The number of halogens is 1. The van der Waals surface area contributed by atoms with Crippen molar-refractivity contribution in [2.24, 2.45) is 0 Å². The Labute approximate surface area is 181 Å². The molecule has 162 valence electrons. The van der Waals surface area contributed by atoms with Crippen LogP contribution < -0.4 is 9.47 Å². The zero-order valence-electron chi connectivity index (χ0n) is 18.2. The third kappa shape index (κ3) is 5.20. The predicted molar refractivity (Wildman–Crippen MR) is 117 cm³/mol. The van der Waals surface area contributed by atoms with Crippen LogP contribution in [0.1, 0.15) is 44.6 Å². The molecule has 1 heterocycles. The van der Waals surface area contributed by atoms with E-state index in [1.54, 1.807) is 7.11 Å². The summed E-state index contributed by atoms with van der Waals surface area (Å²) < 4.78 is 26.7. The zero-order chi connectivity index (χ0) is 22.5. The van der Waals surface area contributed by atoms with Crippen LogP contribution in [0.25, 0.3) is 0 Å². The molecule has 3 rings (SSSR count). The monoisotopic (exact) mass is 423 g/mol. The number of nitrogens with zero attached hydrogens (tertiary/aromatic N) is 1. The molecule has 0 fully saturated rings. The molecule has 0 saturated heterocycles. The van der Waals surface area contributed by atoms with Crippen molar-refractivity contribution in [2.45, 2.75) is 33.7 Å². The van der Waals surface area contributed by atoms with E-state index in [1.807, 2.05) is 44.2 Å². The smallest absolute Gasteiger partial charge is 0.202 e. The number of benzene rings is 2. The van der Waals surface area contributed by atoms with E-state index in [0.717, 1.165) is 36.2 Å². The van der Waals surface area contributed by atoms with E-state index in [2.05, 4.69) is 4.57 Å². The lowest BCUT2D eigenvalue weighted by molar-refractivity contribution is 0.0919. The van der Waals surface area contributed by atoms with Crippen LogP contribution in [0.4, 0.5) is 4.39 Å². The van der Waals surface area contributed by atoms with Crippen molar-refractivity contribution in [2.75, 3.05) is 13.7 Å². The number of carbonyl (C=O) groups excluding carboxylic acids is 2. The molecule has 0 bridgehead atoms. The number of hydrogen-bond acceptors (Lipinski definition) is 4. The van der Waals surface area contributed by atoms with Gasteiger partial charge in [-0.15, -0.1) is 0 Å². The number of ether oxygens (including phenoxy) is 2. The van der Waals surface area contributed by atoms with Crippen LogP contribution in [-0.4, -0.2) is 29.9 Å².